The molecule has 0 aromatic carbocycles. The van der Waals surface area contributed by atoms with Crippen molar-refractivity contribution in [2.24, 2.45) is 0 Å². The molecule has 1 aliphatic rings. The summed E-state index contributed by atoms with van der Waals surface area (Å²) in [6.07, 6.45) is 1.23. The van der Waals surface area contributed by atoms with E-state index < -0.39 is 17.9 Å². The van der Waals surface area contributed by atoms with Crippen LogP contribution in [0.4, 0.5) is 0 Å². The third-order valence-corrected chi connectivity index (χ3v) is 3.13. The number of hydrogen-bond acceptors (Lipinski definition) is 4. The van der Waals surface area contributed by atoms with Crippen LogP contribution in [-0.2, 0) is 9.59 Å². The van der Waals surface area contributed by atoms with Crippen LogP contribution in [0.2, 0.25) is 0 Å². The van der Waals surface area contributed by atoms with E-state index in [1.165, 1.54) is 4.90 Å². The summed E-state index contributed by atoms with van der Waals surface area (Å²) < 4.78 is 0. The molecule has 2 N–H and O–H groups in total. The van der Waals surface area contributed by atoms with Gasteiger partial charge in [0, 0.05) is 32.7 Å². The van der Waals surface area contributed by atoms with Gasteiger partial charge in [0.25, 0.3) is 0 Å². The van der Waals surface area contributed by atoms with Gasteiger partial charge in [-0.05, 0) is 19.4 Å². The normalized spacial score (nSPS) is 18.1. The van der Waals surface area contributed by atoms with Gasteiger partial charge in [0.2, 0.25) is 0 Å². The molecular weight excluding hydrogens is 246 g/mol. The van der Waals surface area contributed by atoms with Crippen LogP contribution in [0.25, 0.3) is 0 Å². The highest BCUT2D eigenvalue weighted by atomic mass is 16.3. The molecule has 1 rings (SSSR count). The molecular formula is C13H25N3O3. The summed E-state index contributed by atoms with van der Waals surface area (Å²) in [5.41, 5.74) is 0. The maximum Gasteiger partial charge on any atom is 0.312 e. The molecule has 1 aliphatic heterocycles. The highest BCUT2D eigenvalue weighted by Gasteiger charge is 2.32. The first-order valence-electron chi connectivity index (χ1n) is 7.07. The molecule has 1 fully saturated rings. The summed E-state index contributed by atoms with van der Waals surface area (Å²) in [7, 11) is 0. The van der Waals surface area contributed by atoms with Gasteiger partial charge in [-0.1, -0.05) is 13.8 Å². The van der Waals surface area contributed by atoms with E-state index in [1.807, 2.05) is 6.92 Å². The number of hydrogen-bond donors (Lipinski definition) is 2. The molecule has 2 amide bonds. The van der Waals surface area contributed by atoms with Crippen LogP contribution in [0.3, 0.4) is 0 Å². The number of aliphatic hydroxyl groups is 1. The Morgan fingerprint density at radius 3 is 2.42 bits per heavy atom. The molecule has 1 saturated heterocycles. The third kappa shape index (κ3) is 4.80. The number of amides is 2. The molecule has 0 aromatic heterocycles. The predicted molar refractivity (Wildman–Crippen MR) is 72.6 cm³/mol. The van der Waals surface area contributed by atoms with E-state index in [4.69, 9.17) is 0 Å². The number of carbonyl (C=O) groups excluding carboxylic acids is 2. The molecule has 1 unspecified atom stereocenters. The number of nitrogens with zero attached hydrogens (tertiary/aromatic N) is 2. The zero-order valence-electron chi connectivity index (χ0n) is 11.9. The lowest BCUT2D eigenvalue weighted by Crippen LogP contribution is -2.56. The molecule has 1 atom stereocenters. The monoisotopic (exact) mass is 271 g/mol. The zero-order valence-corrected chi connectivity index (χ0v) is 11.9. The summed E-state index contributed by atoms with van der Waals surface area (Å²) in [4.78, 5) is 26.7. The topological polar surface area (TPSA) is 72.9 Å². The Balaban J connectivity index is 2.39. The number of aliphatic hydroxyl groups excluding tert-OH is 1. The van der Waals surface area contributed by atoms with Crippen molar-refractivity contribution < 1.29 is 14.7 Å². The van der Waals surface area contributed by atoms with Crippen molar-refractivity contribution in [2.75, 3.05) is 39.3 Å². The van der Waals surface area contributed by atoms with Crippen molar-refractivity contribution in [2.45, 2.75) is 32.8 Å². The van der Waals surface area contributed by atoms with Crippen LogP contribution in [0.1, 0.15) is 26.7 Å². The Morgan fingerprint density at radius 1 is 1.16 bits per heavy atom. The van der Waals surface area contributed by atoms with E-state index in [-0.39, 0.29) is 6.54 Å². The molecule has 19 heavy (non-hydrogen) atoms. The lowest BCUT2D eigenvalue weighted by Gasteiger charge is -2.34. The lowest BCUT2D eigenvalue weighted by atomic mass is 10.2. The second kappa shape index (κ2) is 8.12. The van der Waals surface area contributed by atoms with Crippen LogP contribution in [0.5, 0.6) is 0 Å². The molecule has 0 aromatic rings. The van der Waals surface area contributed by atoms with Crippen LogP contribution >= 0.6 is 0 Å². The maximum atomic E-state index is 11.9. The van der Waals surface area contributed by atoms with Gasteiger partial charge in [-0.2, -0.15) is 0 Å². The number of rotatable bonds is 8. The lowest BCUT2D eigenvalue weighted by molar-refractivity contribution is -0.156. The largest absolute Gasteiger partial charge is 0.390 e. The first-order valence-corrected chi connectivity index (χ1v) is 7.07. The Bertz CT molecular complexity index is 310. The first kappa shape index (κ1) is 15.9. The van der Waals surface area contributed by atoms with Gasteiger partial charge in [0.1, 0.15) is 0 Å². The van der Waals surface area contributed by atoms with Crippen molar-refractivity contribution in [3.05, 3.63) is 0 Å². The van der Waals surface area contributed by atoms with Gasteiger partial charge in [-0.15, -0.1) is 0 Å². The molecule has 6 nitrogen and oxygen atoms in total. The molecule has 0 saturated carbocycles. The third-order valence-electron chi connectivity index (χ3n) is 3.13. The Hall–Kier alpha value is -1.14. The fraction of sp³-hybridized carbons (Fsp3) is 0.846. The van der Waals surface area contributed by atoms with Crippen molar-refractivity contribution in [1.82, 2.24) is 15.1 Å². The van der Waals surface area contributed by atoms with Crippen molar-refractivity contribution in [3.63, 3.8) is 0 Å². The SMILES string of the molecule is CCCNCC(O)CN1CCN(CCC)C(=O)C1=O. The quantitative estimate of drug-likeness (QED) is 0.458. The van der Waals surface area contributed by atoms with Gasteiger partial charge < -0.3 is 20.2 Å². The highest BCUT2D eigenvalue weighted by molar-refractivity contribution is 6.35. The fourth-order valence-corrected chi connectivity index (χ4v) is 2.14. The van der Waals surface area contributed by atoms with Gasteiger partial charge in [0.05, 0.1) is 6.10 Å². The molecule has 0 spiro atoms. The number of nitrogens with one attached hydrogen (secondary N) is 1. The minimum absolute atomic E-state index is 0.223. The summed E-state index contributed by atoms with van der Waals surface area (Å²) in [6, 6.07) is 0. The van der Waals surface area contributed by atoms with E-state index in [0.717, 1.165) is 19.4 Å². The van der Waals surface area contributed by atoms with Crippen LogP contribution in [-0.4, -0.2) is 72.1 Å². The van der Waals surface area contributed by atoms with E-state index in [9.17, 15) is 14.7 Å². The van der Waals surface area contributed by atoms with Crippen LogP contribution < -0.4 is 5.32 Å². The summed E-state index contributed by atoms with van der Waals surface area (Å²) in [5.74, 6) is -0.934. The highest BCUT2D eigenvalue weighted by Crippen LogP contribution is 2.06. The molecule has 0 bridgehead atoms. The minimum atomic E-state index is -0.624. The summed E-state index contributed by atoms with van der Waals surface area (Å²) in [5, 5.41) is 12.9. The fourth-order valence-electron chi connectivity index (χ4n) is 2.14. The standard InChI is InChI=1S/C13H25N3O3/c1-3-5-14-9-11(17)10-16-8-7-15(6-4-2)12(18)13(16)19/h11,14,17H,3-10H2,1-2H3. The molecule has 6 heteroatoms. The molecule has 0 aliphatic carbocycles. The first-order chi connectivity index (χ1) is 9.10. The van der Waals surface area contributed by atoms with Gasteiger partial charge >= 0.3 is 11.8 Å². The average molecular weight is 271 g/mol. The molecule has 110 valence electrons. The van der Waals surface area contributed by atoms with Gasteiger partial charge in [-0.25, -0.2) is 0 Å². The van der Waals surface area contributed by atoms with Crippen molar-refractivity contribution in [1.29, 1.82) is 0 Å². The van der Waals surface area contributed by atoms with Crippen molar-refractivity contribution >= 4 is 11.8 Å². The minimum Gasteiger partial charge on any atom is -0.390 e. The molecule has 0 radical (unpaired) electrons. The number of carbonyl (C=O) groups is 2. The Kier molecular flexibility index (Phi) is 6.80. The second-order valence-electron chi connectivity index (χ2n) is 4.90. The van der Waals surface area contributed by atoms with Crippen LogP contribution in [0, 0.1) is 0 Å². The second-order valence-corrected chi connectivity index (χ2v) is 4.90. The van der Waals surface area contributed by atoms with E-state index in [2.05, 4.69) is 12.2 Å². The summed E-state index contributed by atoms with van der Waals surface area (Å²) >= 11 is 0. The van der Waals surface area contributed by atoms with E-state index >= 15 is 0 Å². The van der Waals surface area contributed by atoms with Gasteiger partial charge in [-0.3, -0.25) is 9.59 Å². The smallest absolute Gasteiger partial charge is 0.312 e. The molecule has 1 heterocycles. The number of piperazine rings is 1. The number of β-amino-alcohol motifs (C(OH)–C–C–N with tert-alkyl or cyclic N) is 1. The summed E-state index contributed by atoms with van der Waals surface area (Å²) in [6.45, 7) is 7.24. The van der Waals surface area contributed by atoms with Crippen LogP contribution in [0.15, 0.2) is 0 Å². The van der Waals surface area contributed by atoms with E-state index in [1.54, 1.807) is 4.90 Å². The predicted octanol–water partition coefficient (Wildman–Crippen LogP) is -0.572. The average Bonchev–Trinajstić information content (AvgIpc) is 2.39. The van der Waals surface area contributed by atoms with Crippen molar-refractivity contribution in [3.8, 4) is 0 Å². The zero-order chi connectivity index (χ0) is 14.3. The van der Waals surface area contributed by atoms with E-state index in [0.29, 0.717) is 26.2 Å². The Morgan fingerprint density at radius 2 is 1.79 bits per heavy atom. The maximum absolute atomic E-state index is 11.9. The van der Waals surface area contributed by atoms with Gasteiger partial charge in [0.15, 0.2) is 0 Å². The Labute approximate surface area is 114 Å².